The number of aliphatic carboxylic acids is 1. The van der Waals surface area contributed by atoms with Crippen LogP contribution in [-0.4, -0.2) is 45.0 Å². The maximum absolute atomic E-state index is 11.9. The third kappa shape index (κ3) is 1.74. The SMILES string of the molecule is C=C(C(N)=O)C1=C(C(=O)O)N2C(=O)[C@H]([C@@H](C)O)[C@H]2C1. The molecule has 0 aromatic rings. The molecule has 4 N–H and O–H groups in total. The average molecular weight is 266 g/mol. The fourth-order valence-corrected chi connectivity index (χ4v) is 2.69. The van der Waals surface area contributed by atoms with E-state index in [9.17, 15) is 24.6 Å². The fourth-order valence-electron chi connectivity index (χ4n) is 2.69. The van der Waals surface area contributed by atoms with Crippen molar-refractivity contribution in [2.45, 2.75) is 25.5 Å². The molecule has 7 nitrogen and oxygen atoms in total. The van der Waals surface area contributed by atoms with Gasteiger partial charge in [-0.05, 0) is 18.9 Å². The number of hydrogen-bond acceptors (Lipinski definition) is 4. The van der Waals surface area contributed by atoms with Gasteiger partial charge >= 0.3 is 5.97 Å². The van der Waals surface area contributed by atoms with Gasteiger partial charge in [0, 0.05) is 5.57 Å². The van der Waals surface area contributed by atoms with Gasteiger partial charge in [0.25, 0.3) is 0 Å². The van der Waals surface area contributed by atoms with Crippen molar-refractivity contribution in [3.63, 3.8) is 0 Å². The molecule has 0 aromatic carbocycles. The molecular formula is C12H14N2O5. The molecule has 0 bridgehead atoms. The van der Waals surface area contributed by atoms with E-state index in [1.165, 1.54) is 6.92 Å². The van der Waals surface area contributed by atoms with E-state index in [-0.39, 0.29) is 23.3 Å². The van der Waals surface area contributed by atoms with E-state index in [2.05, 4.69) is 6.58 Å². The van der Waals surface area contributed by atoms with Gasteiger partial charge in [-0.15, -0.1) is 0 Å². The molecule has 0 aromatic heterocycles. The standard InChI is InChI=1S/C12H14N2O5/c1-4(10(13)16)6-3-7-8(5(2)15)11(17)14(7)9(6)12(18)19/h5,7-8,15H,1,3H2,2H3,(H2,13,16)(H,18,19)/t5-,7-,8-/m1/s1. The second-order valence-corrected chi connectivity index (χ2v) is 4.72. The number of carboxylic acids is 1. The number of carbonyl (C=O) groups is 3. The molecule has 1 fully saturated rings. The molecule has 2 heterocycles. The van der Waals surface area contributed by atoms with Gasteiger partial charge in [-0.2, -0.15) is 0 Å². The Morgan fingerprint density at radius 3 is 2.53 bits per heavy atom. The Labute approximate surface area is 109 Å². The monoisotopic (exact) mass is 266 g/mol. The van der Waals surface area contributed by atoms with Gasteiger partial charge in [0.1, 0.15) is 5.70 Å². The van der Waals surface area contributed by atoms with Crippen molar-refractivity contribution in [2.24, 2.45) is 11.7 Å². The molecular weight excluding hydrogens is 252 g/mol. The van der Waals surface area contributed by atoms with Crippen molar-refractivity contribution >= 4 is 17.8 Å². The molecule has 1 saturated heterocycles. The van der Waals surface area contributed by atoms with Crippen molar-refractivity contribution in [3.8, 4) is 0 Å². The van der Waals surface area contributed by atoms with Crippen LogP contribution in [0.2, 0.25) is 0 Å². The lowest BCUT2D eigenvalue weighted by atomic mass is 9.82. The minimum absolute atomic E-state index is 0.107. The molecule has 2 amide bonds. The third-order valence-electron chi connectivity index (χ3n) is 3.59. The van der Waals surface area contributed by atoms with Gasteiger partial charge in [0.15, 0.2) is 0 Å². The average Bonchev–Trinajstić information content (AvgIpc) is 2.62. The Kier molecular flexibility index (Phi) is 2.94. The van der Waals surface area contributed by atoms with Crippen LogP contribution >= 0.6 is 0 Å². The molecule has 3 atom stereocenters. The number of carbonyl (C=O) groups excluding carboxylic acids is 2. The molecule has 0 aliphatic carbocycles. The number of nitrogens with zero attached hydrogens (tertiary/aromatic N) is 1. The first-order chi connectivity index (χ1) is 8.77. The van der Waals surface area contributed by atoms with Crippen molar-refractivity contribution in [1.29, 1.82) is 0 Å². The highest BCUT2D eigenvalue weighted by Gasteiger charge is 2.57. The predicted octanol–water partition coefficient (Wildman–Crippen LogP) is -1.02. The van der Waals surface area contributed by atoms with Crippen LogP contribution in [0.3, 0.4) is 0 Å². The molecule has 102 valence electrons. The van der Waals surface area contributed by atoms with Crippen molar-refractivity contribution in [1.82, 2.24) is 4.90 Å². The maximum Gasteiger partial charge on any atom is 0.352 e. The summed E-state index contributed by atoms with van der Waals surface area (Å²) in [6.07, 6.45) is -0.699. The number of aliphatic hydroxyl groups excluding tert-OH is 1. The molecule has 19 heavy (non-hydrogen) atoms. The van der Waals surface area contributed by atoms with Crippen LogP contribution in [0.4, 0.5) is 0 Å². The molecule has 0 radical (unpaired) electrons. The number of nitrogens with two attached hydrogens (primary N) is 1. The molecule has 0 unspecified atom stereocenters. The minimum atomic E-state index is -1.31. The van der Waals surface area contributed by atoms with E-state index in [0.29, 0.717) is 0 Å². The zero-order valence-electron chi connectivity index (χ0n) is 10.3. The molecule has 0 saturated carbocycles. The summed E-state index contributed by atoms with van der Waals surface area (Å²) in [6, 6.07) is -0.440. The molecule has 2 aliphatic rings. The molecule has 0 spiro atoms. The second kappa shape index (κ2) is 4.20. The second-order valence-electron chi connectivity index (χ2n) is 4.72. The maximum atomic E-state index is 11.9. The van der Waals surface area contributed by atoms with Gasteiger partial charge in [0.2, 0.25) is 11.8 Å². The highest BCUT2D eigenvalue weighted by molar-refractivity contribution is 6.04. The van der Waals surface area contributed by atoms with Crippen molar-refractivity contribution < 1.29 is 24.6 Å². The molecule has 7 heteroatoms. The molecule has 2 aliphatic heterocycles. The Morgan fingerprint density at radius 1 is 1.53 bits per heavy atom. The number of primary amides is 1. The normalized spacial score (nSPS) is 26.8. The summed E-state index contributed by atoms with van der Waals surface area (Å²) in [5, 5.41) is 18.7. The Hall–Kier alpha value is -2.15. The van der Waals surface area contributed by atoms with Crippen LogP contribution in [0.25, 0.3) is 0 Å². The lowest BCUT2D eigenvalue weighted by Gasteiger charge is -2.44. The summed E-state index contributed by atoms with van der Waals surface area (Å²) in [7, 11) is 0. The van der Waals surface area contributed by atoms with Crippen molar-refractivity contribution in [3.05, 3.63) is 23.4 Å². The van der Waals surface area contributed by atoms with Gasteiger partial charge in [-0.25, -0.2) is 4.79 Å². The smallest absolute Gasteiger partial charge is 0.352 e. The summed E-state index contributed by atoms with van der Waals surface area (Å²) in [5.74, 6) is -3.23. The number of fused-ring (bicyclic) bond motifs is 1. The van der Waals surface area contributed by atoms with Crippen LogP contribution in [0, 0.1) is 5.92 Å². The van der Waals surface area contributed by atoms with Crippen LogP contribution in [-0.2, 0) is 14.4 Å². The Bertz CT molecular complexity index is 534. The van der Waals surface area contributed by atoms with Crippen molar-refractivity contribution in [2.75, 3.05) is 0 Å². The van der Waals surface area contributed by atoms with Crippen LogP contribution < -0.4 is 5.73 Å². The zero-order chi connectivity index (χ0) is 14.5. The predicted molar refractivity (Wildman–Crippen MR) is 63.4 cm³/mol. The summed E-state index contributed by atoms with van der Waals surface area (Å²) in [4.78, 5) is 35.3. The lowest BCUT2D eigenvalue weighted by molar-refractivity contribution is -0.161. The Balaban J connectivity index is 2.40. The van der Waals surface area contributed by atoms with E-state index >= 15 is 0 Å². The zero-order valence-corrected chi connectivity index (χ0v) is 10.3. The fraction of sp³-hybridized carbons (Fsp3) is 0.417. The number of rotatable bonds is 4. The highest BCUT2D eigenvalue weighted by atomic mass is 16.4. The summed E-state index contributed by atoms with van der Waals surface area (Å²) in [6.45, 7) is 4.94. The van der Waals surface area contributed by atoms with Crippen LogP contribution in [0.15, 0.2) is 23.4 Å². The van der Waals surface area contributed by atoms with E-state index in [1.807, 2.05) is 0 Å². The summed E-state index contributed by atoms with van der Waals surface area (Å²) in [5.41, 5.74) is 4.91. The van der Waals surface area contributed by atoms with Crippen LogP contribution in [0.5, 0.6) is 0 Å². The quantitative estimate of drug-likeness (QED) is 0.444. The van der Waals surface area contributed by atoms with Gasteiger partial charge < -0.3 is 20.8 Å². The Morgan fingerprint density at radius 2 is 2.11 bits per heavy atom. The largest absolute Gasteiger partial charge is 0.477 e. The number of aliphatic hydroxyl groups is 1. The highest BCUT2D eigenvalue weighted by Crippen LogP contribution is 2.45. The first-order valence-electron chi connectivity index (χ1n) is 5.74. The van der Waals surface area contributed by atoms with Gasteiger partial charge in [-0.1, -0.05) is 6.58 Å². The van der Waals surface area contributed by atoms with Gasteiger partial charge in [-0.3, -0.25) is 9.59 Å². The van der Waals surface area contributed by atoms with E-state index in [4.69, 9.17) is 5.73 Å². The summed E-state index contributed by atoms with van der Waals surface area (Å²) < 4.78 is 0. The van der Waals surface area contributed by atoms with E-state index in [1.54, 1.807) is 0 Å². The van der Waals surface area contributed by atoms with E-state index in [0.717, 1.165) is 4.90 Å². The number of hydrogen-bond donors (Lipinski definition) is 3. The first-order valence-corrected chi connectivity index (χ1v) is 5.74. The summed E-state index contributed by atoms with van der Waals surface area (Å²) >= 11 is 0. The number of amides is 2. The van der Waals surface area contributed by atoms with Crippen LogP contribution in [0.1, 0.15) is 13.3 Å². The topological polar surface area (TPSA) is 121 Å². The number of β-lactam (4-membered cyclic amide) rings is 1. The number of carboxylic acid groups (broad SMARTS) is 1. The first kappa shape index (κ1) is 13.3. The third-order valence-corrected chi connectivity index (χ3v) is 3.59. The minimum Gasteiger partial charge on any atom is -0.477 e. The molecule has 2 rings (SSSR count). The van der Waals surface area contributed by atoms with Gasteiger partial charge in [0.05, 0.1) is 18.1 Å². The van der Waals surface area contributed by atoms with E-state index < -0.39 is 35.8 Å². The lowest BCUT2D eigenvalue weighted by Crippen LogP contribution is -2.61.